The molecule has 0 saturated heterocycles. The van der Waals surface area contributed by atoms with E-state index in [4.69, 9.17) is 5.10 Å². The van der Waals surface area contributed by atoms with E-state index in [0.29, 0.717) is 42.4 Å². The summed E-state index contributed by atoms with van der Waals surface area (Å²) in [6.45, 7) is 3.07. The second kappa shape index (κ2) is 9.10. The van der Waals surface area contributed by atoms with E-state index in [-0.39, 0.29) is 11.3 Å². The molecule has 1 fully saturated rings. The number of hydrogen-bond acceptors (Lipinski definition) is 3. The van der Waals surface area contributed by atoms with Crippen molar-refractivity contribution in [2.24, 2.45) is 18.9 Å². The van der Waals surface area contributed by atoms with Crippen molar-refractivity contribution in [3.05, 3.63) is 82.7 Å². The number of carbonyl (C=O) groups excluding carboxylic acids is 1. The zero-order chi connectivity index (χ0) is 24.9. The molecule has 1 saturated carbocycles. The molecule has 0 unspecified atom stereocenters. The van der Waals surface area contributed by atoms with Gasteiger partial charge in [0.1, 0.15) is 5.75 Å². The van der Waals surface area contributed by atoms with Gasteiger partial charge in [-0.1, -0.05) is 43.3 Å². The Labute approximate surface area is 213 Å². The molecule has 188 valence electrons. The highest BCUT2D eigenvalue weighted by atomic mass is 16.3. The number of phenolic OH excluding ortho intramolecular Hbond substituents is 1. The Balaban J connectivity index is 1.20. The number of hydrogen-bond donors (Lipinski definition) is 2. The monoisotopic (exact) mass is 483 g/mol. The molecule has 3 aliphatic carbocycles. The van der Waals surface area contributed by atoms with Gasteiger partial charge in [0.15, 0.2) is 0 Å². The third-order valence-electron chi connectivity index (χ3n) is 9.55. The van der Waals surface area contributed by atoms with Crippen LogP contribution in [0.4, 0.5) is 0 Å². The molecule has 0 radical (unpaired) electrons. The molecule has 0 spiro atoms. The van der Waals surface area contributed by atoms with E-state index in [1.54, 1.807) is 0 Å². The van der Waals surface area contributed by atoms with Crippen LogP contribution in [0.5, 0.6) is 5.75 Å². The maximum Gasteiger partial charge on any atom is 0.220 e. The summed E-state index contributed by atoms with van der Waals surface area (Å²) in [7, 11) is 2.10. The molecule has 2 N–H and O–H groups in total. The molecule has 5 heteroatoms. The number of carbonyl (C=O) groups is 1. The Morgan fingerprint density at radius 1 is 1.17 bits per heavy atom. The molecule has 6 rings (SSSR count). The Bertz CT molecular complexity index is 1270. The van der Waals surface area contributed by atoms with E-state index >= 15 is 0 Å². The molecule has 1 amide bonds. The quantitative estimate of drug-likeness (QED) is 0.471. The third kappa shape index (κ3) is 3.84. The number of phenols is 1. The molecule has 1 heterocycles. The van der Waals surface area contributed by atoms with Crippen LogP contribution in [0.25, 0.3) is 0 Å². The first kappa shape index (κ1) is 23.3. The first-order valence-electron chi connectivity index (χ1n) is 13.6. The fraction of sp³-hybridized carbons (Fsp3) is 0.484. The maximum absolute atomic E-state index is 12.6. The minimum atomic E-state index is 0.135. The summed E-state index contributed by atoms with van der Waals surface area (Å²) in [6.07, 6.45) is 9.19. The smallest absolute Gasteiger partial charge is 0.220 e. The van der Waals surface area contributed by atoms with Crippen molar-refractivity contribution < 1.29 is 9.90 Å². The molecule has 3 aromatic rings. The van der Waals surface area contributed by atoms with Gasteiger partial charge in [-0.15, -0.1) is 0 Å². The fourth-order valence-electron chi connectivity index (χ4n) is 8.16. The van der Waals surface area contributed by atoms with Gasteiger partial charge >= 0.3 is 0 Å². The van der Waals surface area contributed by atoms with Gasteiger partial charge in [0.05, 0.1) is 6.20 Å². The Morgan fingerprint density at radius 3 is 2.83 bits per heavy atom. The summed E-state index contributed by atoms with van der Waals surface area (Å²) >= 11 is 0. The predicted molar refractivity (Wildman–Crippen MR) is 141 cm³/mol. The minimum absolute atomic E-state index is 0.135. The van der Waals surface area contributed by atoms with Crippen LogP contribution in [-0.4, -0.2) is 20.8 Å². The van der Waals surface area contributed by atoms with Gasteiger partial charge in [-0.3, -0.25) is 9.48 Å². The van der Waals surface area contributed by atoms with E-state index < -0.39 is 0 Å². The average molecular weight is 484 g/mol. The van der Waals surface area contributed by atoms with E-state index in [9.17, 15) is 9.90 Å². The number of aryl methyl sites for hydroxylation is 2. The van der Waals surface area contributed by atoms with Crippen LogP contribution >= 0.6 is 0 Å². The number of nitrogens with one attached hydrogen (secondary N) is 1. The summed E-state index contributed by atoms with van der Waals surface area (Å²) in [5, 5.41) is 17.8. The van der Waals surface area contributed by atoms with Crippen molar-refractivity contribution in [2.45, 2.75) is 75.7 Å². The summed E-state index contributed by atoms with van der Waals surface area (Å²) in [6, 6.07) is 16.1. The average Bonchev–Trinajstić information content (AvgIpc) is 3.39. The minimum Gasteiger partial charge on any atom is -0.508 e. The molecule has 1 aromatic heterocycles. The molecule has 5 atom stereocenters. The molecule has 2 aromatic carbocycles. The standard InChI is InChI=1S/C31H37N3O2/c1-31-16-15-24-23-14-12-22(35)17-21(23)11-13-26(24)29(31)25(27-19-33-34(2)30(27)31)9-6-10-28(36)32-18-20-7-4-3-5-8-20/h3-5,7-8,12,14,17,19,24-26,29,35H,6,9-11,13,15-16,18H2,1-2H3,(H,32,36)/t24-,25-,26-,29+,31+/m1/s1. The third-order valence-corrected chi connectivity index (χ3v) is 9.55. The lowest BCUT2D eigenvalue weighted by Crippen LogP contribution is -2.45. The molecule has 0 bridgehead atoms. The summed E-state index contributed by atoms with van der Waals surface area (Å²) in [4.78, 5) is 12.6. The topological polar surface area (TPSA) is 67.1 Å². The molecule has 3 aliphatic rings. The molecular weight excluding hydrogens is 446 g/mol. The number of benzene rings is 2. The molecule has 36 heavy (non-hydrogen) atoms. The van der Waals surface area contributed by atoms with Crippen LogP contribution in [0.3, 0.4) is 0 Å². The highest BCUT2D eigenvalue weighted by Gasteiger charge is 2.58. The Hall–Kier alpha value is -3.08. The fourth-order valence-corrected chi connectivity index (χ4v) is 8.16. The lowest BCUT2D eigenvalue weighted by Gasteiger charge is -2.51. The highest BCUT2D eigenvalue weighted by Crippen LogP contribution is 2.64. The van der Waals surface area contributed by atoms with E-state index in [2.05, 4.69) is 36.2 Å². The maximum atomic E-state index is 12.6. The first-order chi connectivity index (χ1) is 17.5. The number of aromatic hydroxyl groups is 1. The van der Waals surface area contributed by atoms with Crippen LogP contribution in [0.1, 0.15) is 85.2 Å². The van der Waals surface area contributed by atoms with Crippen molar-refractivity contribution in [1.29, 1.82) is 0 Å². The van der Waals surface area contributed by atoms with Crippen molar-refractivity contribution in [3.8, 4) is 5.75 Å². The van der Waals surface area contributed by atoms with Crippen molar-refractivity contribution in [2.75, 3.05) is 0 Å². The van der Waals surface area contributed by atoms with Crippen LogP contribution in [-0.2, 0) is 30.2 Å². The number of fused-ring (bicyclic) bond motifs is 7. The summed E-state index contributed by atoms with van der Waals surface area (Å²) in [5.41, 5.74) is 6.92. The lowest BCUT2D eigenvalue weighted by atomic mass is 9.53. The number of rotatable bonds is 6. The second-order valence-corrected chi connectivity index (χ2v) is 11.5. The van der Waals surface area contributed by atoms with Crippen LogP contribution in [0.15, 0.2) is 54.7 Å². The van der Waals surface area contributed by atoms with E-state index in [0.717, 1.165) is 24.8 Å². The van der Waals surface area contributed by atoms with E-state index in [1.165, 1.54) is 41.6 Å². The molecule has 0 aliphatic heterocycles. The van der Waals surface area contributed by atoms with Gasteiger partial charge in [-0.05, 0) is 96.6 Å². The van der Waals surface area contributed by atoms with Crippen LogP contribution in [0.2, 0.25) is 0 Å². The predicted octanol–water partition coefficient (Wildman–Crippen LogP) is 5.72. The molecular formula is C31H37N3O2. The van der Waals surface area contributed by atoms with Crippen LogP contribution in [0, 0.1) is 11.8 Å². The van der Waals surface area contributed by atoms with E-state index in [1.807, 2.05) is 42.5 Å². The van der Waals surface area contributed by atoms with Gasteiger partial charge in [-0.25, -0.2) is 0 Å². The summed E-state index contributed by atoms with van der Waals surface area (Å²) in [5.74, 6) is 2.74. The van der Waals surface area contributed by atoms with Crippen molar-refractivity contribution in [3.63, 3.8) is 0 Å². The zero-order valence-corrected chi connectivity index (χ0v) is 21.4. The number of aromatic nitrogens is 2. The zero-order valence-electron chi connectivity index (χ0n) is 21.4. The van der Waals surface area contributed by atoms with Gasteiger partial charge in [0.2, 0.25) is 5.91 Å². The highest BCUT2D eigenvalue weighted by molar-refractivity contribution is 5.75. The Kier molecular flexibility index (Phi) is 5.89. The van der Waals surface area contributed by atoms with Crippen molar-refractivity contribution >= 4 is 5.91 Å². The first-order valence-corrected chi connectivity index (χ1v) is 13.6. The largest absolute Gasteiger partial charge is 0.508 e. The lowest BCUT2D eigenvalue weighted by molar-refractivity contribution is -0.121. The summed E-state index contributed by atoms with van der Waals surface area (Å²) < 4.78 is 2.13. The Morgan fingerprint density at radius 2 is 2.00 bits per heavy atom. The number of amides is 1. The number of nitrogens with zero attached hydrogens (tertiary/aromatic N) is 2. The second-order valence-electron chi connectivity index (χ2n) is 11.5. The van der Waals surface area contributed by atoms with Gasteiger partial charge < -0.3 is 10.4 Å². The van der Waals surface area contributed by atoms with Crippen molar-refractivity contribution in [1.82, 2.24) is 15.1 Å². The normalized spacial score (nSPS) is 28.1. The van der Waals surface area contributed by atoms with Crippen LogP contribution < -0.4 is 5.32 Å². The molecule has 5 nitrogen and oxygen atoms in total. The SMILES string of the molecule is Cn1ncc2c1[C@@]1(C)CC[C@@H]3c4ccc(O)cc4CC[C@H]3[C@@H]1[C@@H]2CCCC(=O)NCc1ccccc1. The van der Waals surface area contributed by atoms with Gasteiger partial charge in [-0.2, -0.15) is 5.10 Å². The van der Waals surface area contributed by atoms with Gasteiger partial charge in [0, 0.05) is 31.1 Å². The van der Waals surface area contributed by atoms with Gasteiger partial charge in [0.25, 0.3) is 0 Å².